The summed E-state index contributed by atoms with van der Waals surface area (Å²) in [5, 5.41) is 0. The van der Waals surface area contributed by atoms with Crippen LogP contribution in [0, 0.1) is 6.92 Å². The molecule has 0 fully saturated rings. The van der Waals surface area contributed by atoms with Crippen molar-refractivity contribution < 1.29 is 0 Å². The lowest BCUT2D eigenvalue weighted by molar-refractivity contribution is 1.45. The van der Waals surface area contributed by atoms with Gasteiger partial charge >= 0.3 is 0 Å². The topological polar surface area (TPSA) is 0 Å². The molecule has 0 N–H and O–H groups in total. The molecule has 0 saturated heterocycles. The van der Waals surface area contributed by atoms with Crippen LogP contribution in [0.4, 0.5) is 0 Å². The summed E-state index contributed by atoms with van der Waals surface area (Å²) in [5.74, 6) is 0. The van der Waals surface area contributed by atoms with E-state index >= 15 is 0 Å². The molecule has 14 heavy (non-hydrogen) atoms. The van der Waals surface area contributed by atoms with Gasteiger partial charge in [-0.05, 0) is 25.0 Å². The van der Waals surface area contributed by atoms with Crippen molar-refractivity contribution in [2.45, 2.75) is 13.8 Å². The largest absolute Gasteiger partial charge is 0.0988 e. The highest BCUT2D eigenvalue weighted by Crippen LogP contribution is 2.16. The molecular formula is C14H16. The lowest BCUT2D eigenvalue weighted by atomic mass is 10.0. The van der Waals surface area contributed by atoms with Crippen molar-refractivity contribution in [3.8, 4) is 0 Å². The Bertz CT molecular complexity index is 364. The molecular weight excluding hydrogens is 168 g/mol. The maximum atomic E-state index is 4.02. The summed E-state index contributed by atoms with van der Waals surface area (Å²) < 4.78 is 0. The standard InChI is InChI=1S/C14H16/c1-5-11(2)10-13(4)14-8-6-12(3)7-9-14/h5-10H,1,4H2,2-3H3/b11-10-. The van der Waals surface area contributed by atoms with E-state index in [0.29, 0.717) is 0 Å². The van der Waals surface area contributed by atoms with E-state index in [9.17, 15) is 0 Å². The highest BCUT2D eigenvalue weighted by molar-refractivity contribution is 5.73. The molecule has 1 rings (SSSR count). The first-order valence-electron chi connectivity index (χ1n) is 4.70. The molecule has 0 aliphatic heterocycles. The van der Waals surface area contributed by atoms with Crippen LogP contribution in [0.15, 0.2) is 55.1 Å². The van der Waals surface area contributed by atoms with Crippen LogP contribution in [0.5, 0.6) is 0 Å². The fraction of sp³-hybridized carbons (Fsp3) is 0.143. The first-order valence-corrected chi connectivity index (χ1v) is 4.70. The molecule has 0 saturated carbocycles. The Balaban J connectivity index is 2.90. The minimum absolute atomic E-state index is 1.03. The van der Waals surface area contributed by atoms with Crippen LogP contribution in [-0.4, -0.2) is 0 Å². The third-order valence-electron chi connectivity index (χ3n) is 2.15. The van der Waals surface area contributed by atoms with Crippen molar-refractivity contribution in [3.05, 3.63) is 66.3 Å². The van der Waals surface area contributed by atoms with Crippen LogP contribution in [0.2, 0.25) is 0 Å². The minimum Gasteiger partial charge on any atom is -0.0988 e. The fourth-order valence-electron chi connectivity index (χ4n) is 1.18. The second kappa shape index (κ2) is 4.61. The average molecular weight is 184 g/mol. The van der Waals surface area contributed by atoms with Crippen molar-refractivity contribution in [2.24, 2.45) is 0 Å². The summed E-state index contributed by atoms with van der Waals surface area (Å²) >= 11 is 0. The Morgan fingerprint density at radius 2 is 1.79 bits per heavy atom. The highest BCUT2D eigenvalue weighted by atomic mass is 14.0. The molecule has 0 bridgehead atoms. The van der Waals surface area contributed by atoms with Crippen LogP contribution in [0.3, 0.4) is 0 Å². The zero-order valence-electron chi connectivity index (χ0n) is 8.88. The van der Waals surface area contributed by atoms with Crippen molar-refractivity contribution in [3.63, 3.8) is 0 Å². The molecule has 0 amide bonds. The molecule has 0 aliphatic carbocycles. The van der Waals surface area contributed by atoms with E-state index < -0.39 is 0 Å². The normalized spacial score (nSPS) is 11.1. The number of hydrogen-bond acceptors (Lipinski definition) is 0. The van der Waals surface area contributed by atoms with Gasteiger partial charge in [0, 0.05) is 0 Å². The second-order valence-electron chi connectivity index (χ2n) is 3.48. The molecule has 0 spiro atoms. The quantitative estimate of drug-likeness (QED) is 0.619. The van der Waals surface area contributed by atoms with Crippen LogP contribution in [0.1, 0.15) is 18.1 Å². The highest BCUT2D eigenvalue weighted by Gasteiger charge is 1.94. The smallest absolute Gasteiger partial charge is 0.0190 e. The van der Waals surface area contributed by atoms with Gasteiger partial charge < -0.3 is 0 Å². The SMILES string of the molecule is C=C/C(C)=C\C(=C)c1ccc(C)cc1. The summed E-state index contributed by atoms with van der Waals surface area (Å²) in [4.78, 5) is 0. The van der Waals surface area contributed by atoms with E-state index in [2.05, 4.69) is 44.3 Å². The van der Waals surface area contributed by atoms with Gasteiger partial charge in [-0.2, -0.15) is 0 Å². The maximum Gasteiger partial charge on any atom is -0.0190 e. The van der Waals surface area contributed by atoms with Gasteiger partial charge in [-0.1, -0.05) is 60.7 Å². The minimum atomic E-state index is 1.03. The van der Waals surface area contributed by atoms with Crippen molar-refractivity contribution >= 4 is 5.57 Å². The first kappa shape index (κ1) is 10.5. The molecule has 0 heterocycles. The Morgan fingerprint density at radius 1 is 1.21 bits per heavy atom. The Hall–Kier alpha value is -1.56. The molecule has 0 unspecified atom stereocenters. The molecule has 0 atom stereocenters. The third kappa shape index (κ3) is 2.74. The van der Waals surface area contributed by atoms with Gasteiger partial charge in [0.2, 0.25) is 0 Å². The van der Waals surface area contributed by atoms with Gasteiger partial charge in [0.1, 0.15) is 0 Å². The summed E-state index contributed by atoms with van der Waals surface area (Å²) in [6.45, 7) is 11.8. The van der Waals surface area contributed by atoms with Crippen molar-refractivity contribution in [1.82, 2.24) is 0 Å². The second-order valence-corrected chi connectivity index (χ2v) is 3.48. The number of rotatable bonds is 3. The molecule has 72 valence electrons. The molecule has 0 aliphatic rings. The molecule has 1 aromatic rings. The van der Waals surface area contributed by atoms with E-state index in [4.69, 9.17) is 0 Å². The van der Waals surface area contributed by atoms with Gasteiger partial charge in [0.05, 0.1) is 0 Å². The molecule has 0 nitrogen and oxygen atoms in total. The predicted molar refractivity (Wildman–Crippen MR) is 64.2 cm³/mol. The molecule has 0 radical (unpaired) electrons. The van der Waals surface area contributed by atoms with Gasteiger partial charge in [-0.25, -0.2) is 0 Å². The van der Waals surface area contributed by atoms with Crippen LogP contribution in [0.25, 0.3) is 5.57 Å². The lowest BCUT2D eigenvalue weighted by Crippen LogP contribution is -1.80. The predicted octanol–water partition coefficient (Wildman–Crippen LogP) is 4.14. The fourth-order valence-corrected chi connectivity index (χ4v) is 1.18. The van der Waals surface area contributed by atoms with Gasteiger partial charge in [0.15, 0.2) is 0 Å². The Labute approximate surface area is 86.3 Å². The average Bonchev–Trinajstić information content (AvgIpc) is 2.18. The van der Waals surface area contributed by atoms with E-state index in [-0.39, 0.29) is 0 Å². The molecule has 1 aromatic carbocycles. The Kier molecular flexibility index (Phi) is 3.47. The zero-order valence-corrected chi connectivity index (χ0v) is 8.88. The maximum absolute atomic E-state index is 4.02. The van der Waals surface area contributed by atoms with Gasteiger partial charge in [-0.3, -0.25) is 0 Å². The van der Waals surface area contributed by atoms with Gasteiger partial charge in [0.25, 0.3) is 0 Å². The Morgan fingerprint density at radius 3 is 2.29 bits per heavy atom. The van der Waals surface area contributed by atoms with Crippen LogP contribution >= 0.6 is 0 Å². The van der Waals surface area contributed by atoms with E-state index in [1.54, 1.807) is 0 Å². The van der Waals surface area contributed by atoms with E-state index in [0.717, 1.165) is 16.7 Å². The number of benzene rings is 1. The monoisotopic (exact) mass is 184 g/mol. The van der Waals surface area contributed by atoms with Crippen molar-refractivity contribution in [2.75, 3.05) is 0 Å². The van der Waals surface area contributed by atoms with E-state index in [1.165, 1.54) is 5.56 Å². The summed E-state index contributed by atoms with van der Waals surface area (Å²) in [7, 11) is 0. The molecule has 0 heteroatoms. The lowest BCUT2D eigenvalue weighted by Gasteiger charge is -2.01. The first-order chi connectivity index (χ1) is 6.63. The van der Waals surface area contributed by atoms with Crippen LogP contribution < -0.4 is 0 Å². The summed E-state index contributed by atoms with van der Waals surface area (Å²) in [6.07, 6.45) is 3.87. The van der Waals surface area contributed by atoms with Gasteiger partial charge in [-0.15, -0.1) is 0 Å². The summed E-state index contributed by atoms with van der Waals surface area (Å²) in [5.41, 5.74) is 4.60. The number of aryl methyl sites for hydroxylation is 1. The van der Waals surface area contributed by atoms with E-state index in [1.807, 2.05) is 19.1 Å². The zero-order chi connectivity index (χ0) is 10.6. The molecule has 0 aromatic heterocycles. The number of hydrogen-bond donors (Lipinski definition) is 0. The van der Waals surface area contributed by atoms with Crippen molar-refractivity contribution in [1.29, 1.82) is 0 Å². The van der Waals surface area contributed by atoms with Crippen LogP contribution in [-0.2, 0) is 0 Å². The number of allylic oxidation sites excluding steroid dienone is 4. The third-order valence-corrected chi connectivity index (χ3v) is 2.15. The summed E-state index contributed by atoms with van der Waals surface area (Å²) in [6, 6.07) is 8.37.